The number of ether oxygens (including phenoxy) is 1. The third kappa shape index (κ3) is 4.44. The van der Waals surface area contributed by atoms with Gasteiger partial charge in [0.15, 0.2) is 0 Å². The van der Waals surface area contributed by atoms with Gasteiger partial charge in [0.1, 0.15) is 5.75 Å². The van der Waals surface area contributed by atoms with Gasteiger partial charge in [-0.05, 0) is 31.5 Å². The highest BCUT2D eigenvalue weighted by atomic mass is 16.5. The largest absolute Gasteiger partial charge is 0.494 e. The number of amides is 1. The second-order valence-corrected chi connectivity index (χ2v) is 3.93. The first-order valence-electron chi connectivity index (χ1n) is 5.82. The number of aliphatic hydroxyl groups excluding tert-OH is 1. The maximum atomic E-state index is 11.8. The number of hydrogen-bond acceptors (Lipinski definition) is 3. The lowest BCUT2D eigenvalue weighted by Crippen LogP contribution is -2.34. The minimum atomic E-state index is -0.247. The Morgan fingerprint density at radius 2 is 2.29 bits per heavy atom. The Balaban J connectivity index is 2.66. The Kier molecular flexibility index (Phi) is 5.49. The Labute approximate surface area is 102 Å². The number of rotatable bonds is 6. The Morgan fingerprint density at radius 1 is 1.53 bits per heavy atom. The first-order valence-corrected chi connectivity index (χ1v) is 5.82. The van der Waals surface area contributed by atoms with Crippen LogP contribution in [0.4, 0.5) is 0 Å². The average Bonchev–Trinajstić information content (AvgIpc) is 2.36. The summed E-state index contributed by atoms with van der Waals surface area (Å²) in [7, 11) is 0. The van der Waals surface area contributed by atoms with Crippen molar-refractivity contribution < 1.29 is 14.6 Å². The van der Waals surface area contributed by atoms with Gasteiger partial charge in [-0.25, -0.2) is 0 Å². The van der Waals surface area contributed by atoms with Crippen molar-refractivity contribution in [3.63, 3.8) is 0 Å². The summed E-state index contributed by atoms with van der Waals surface area (Å²) in [5.74, 6) is 0.490. The summed E-state index contributed by atoms with van der Waals surface area (Å²) in [5.41, 5.74) is 0.541. The Bertz CT molecular complexity index is 365. The number of nitrogens with one attached hydrogen (secondary N) is 1. The molecule has 0 spiro atoms. The summed E-state index contributed by atoms with van der Waals surface area (Å²) in [6, 6.07) is 6.78. The predicted molar refractivity (Wildman–Crippen MR) is 66.2 cm³/mol. The summed E-state index contributed by atoms with van der Waals surface area (Å²) >= 11 is 0. The van der Waals surface area contributed by atoms with E-state index >= 15 is 0 Å². The molecule has 0 aliphatic carbocycles. The summed E-state index contributed by atoms with van der Waals surface area (Å²) < 4.78 is 5.45. The zero-order valence-corrected chi connectivity index (χ0v) is 10.3. The Morgan fingerprint density at radius 3 is 2.94 bits per heavy atom. The number of hydrogen-bond donors (Lipinski definition) is 2. The van der Waals surface area contributed by atoms with E-state index in [0.29, 0.717) is 17.9 Å². The van der Waals surface area contributed by atoms with Crippen molar-refractivity contribution in [1.82, 2.24) is 5.32 Å². The lowest BCUT2D eigenvalue weighted by Gasteiger charge is -2.11. The van der Waals surface area contributed by atoms with Gasteiger partial charge < -0.3 is 15.2 Å². The van der Waals surface area contributed by atoms with Crippen LogP contribution in [0, 0.1) is 0 Å². The van der Waals surface area contributed by atoms with E-state index in [-0.39, 0.29) is 18.6 Å². The summed E-state index contributed by atoms with van der Waals surface area (Å²) in [6.07, 6.45) is 0.929. The molecule has 94 valence electrons. The minimum Gasteiger partial charge on any atom is -0.494 e. The van der Waals surface area contributed by atoms with Gasteiger partial charge in [-0.1, -0.05) is 13.0 Å². The average molecular weight is 237 g/mol. The fraction of sp³-hybridized carbons (Fsp3) is 0.462. The van der Waals surface area contributed by atoms with Crippen molar-refractivity contribution in [3.05, 3.63) is 29.8 Å². The number of benzene rings is 1. The van der Waals surface area contributed by atoms with E-state index < -0.39 is 0 Å². The molecule has 0 bridgehead atoms. The van der Waals surface area contributed by atoms with Crippen LogP contribution < -0.4 is 10.1 Å². The van der Waals surface area contributed by atoms with E-state index in [1.807, 2.05) is 13.0 Å². The zero-order chi connectivity index (χ0) is 12.7. The van der Waals surface area contributed by atoms with Gasteiger partial charge >= 0.3 is 0 Å². The molecule has 4 nitrogen and oxygen atoms in total. The molecule has 0 radical (unpaired) electrons. The van der Waals surface area contributed by atoms with Crippen LogP contribution in [0.25, 0.3) is 0 Å². The van der Waals surface area contributed by atoms with Crippen molar-refractivity contribution in [1.29, 1.82) is 0 Å². The summed E-state index contributed by atoms with van der Waals surface area (Å²) in [5, 5.41) is 11.5. The van der Waals surface area contributed by atoms with Crippen molar-refractivity contribution in [2.45, 2.75) is 26.3 Å². The van der Waals surface area contributed by atoms with Crippen LogP contribution in [0.3, 0.4) is 0 Å². The zero-order valence-electron chi connectivity index (χ0n) is 10.3. The number of carbonyl (C=O) groups excluding carboxylic acids is 1. The van der Waals surface area contributed by atoms with E-state index in [1.165, 1.54) is 0 Å². The van der Waals surface area contributed by atoms with E-state index in [1.54, 1.807) is 25.1 Å². The standard InChI is InChI=1S/C13H19NO3/c1-3-7-17-12-6-4-5-11(8-12)13(16)14-10(2)9-15/h4-6,8,10,15H,3,7,9H2,1-2H3,(H,14,16)/t10-/m0/s1. The molecule has 1 aromatic rings. The molecule has 0 unspecified atom stereocenters. The first-order chi connectivity index (χ1) is 8.17. The fourth-order valence-electron chi connectivity index (χ4n) is 1.30. The molecule has 0 fully saturated rings. The van der Waals surface area contributed by atoms with E-state index in [4.69, 9.17) is 9.84 Å². The highest BCUT2D eigenvalue weighted by Crippen LogP contribution is 2.13. The molecule has 1 aromatic carbocycles. The molecule has 0 aliphatic heterocycles. The minimum absolute atomic E-state index is 0.0717. The third-order valence-corrected chi connectivity index (χ3v) is 2.22. The van der Waals surface area contributed by atoms with Crippen LogP contribution in [0.2, 0.25) is 0 Å². The van der Waals surface area contributed by atoms with Gasteiger partial charge in [0.2, 0.25) is 0 Å². The van der Waals surface area contributed by atoms with Gasteiger partial charge in [-0.2, -0.15) is 0 Å². The lowest BCUT2D eigenvalue weighted by atomic mass is 10.2. The predicted octanol–water partition coefficient (Wildman–Crippen LogP) is 1.59. The van der Waals surface area contributed by atoms with Gasteiger partial charge in [0.05, 0.1) is 13.2 Å². The monoisotopic (exact) mass is 237 g/mol. The van der Waals surface area contributed by atoms with Gasteiger partial charge in [-0.15, -0.1) is 0 Å². The highest BCUT2D eigenvalue weighted by Gasteiger charge is 2.09. The maximum Gasteiger partial charge on any atom is 0.251 e. The molecule has 17 heavy (non-hydrogen) atoms. The highest BCUT2D eigenvalue weighted by molar-refractivity contribution is 5.94. The molecule has 0 heterocycles. The molecule has 0 aromatic heterocycles. The summed E-state index contributed by atoms with van der Waals surface area (Å²) in [4.78, 5) is 11.8. The van der Waals surface area contributed by atoms with Crippen molar-refractivity contribution in [2.75, 3.05) is 13.2 Å². The van der Waals surface area contributed by atoms with Gasteiger partial charge in [-0.3, -0.25) is 4.79 Å². The molecule has 4 heteroatoms. The second kappa shape index (κ2) is 6.91. The van der Waals surface area contributed by atoms with E-state index in [0.717, 1.165) is 6.42 Å². The number of carbonyl (C=O) groups is 1. The molecule has 1 amide bonds. The van der Waals surface area contributed by atoms with Gasteiger partial charge in [0.25, 0.3) is 5.91 Å². The SMILES string of the molecule is CCCOc1cccc(C(=O)N[C@@H](C)CO)c1. The fourth-order valence-corrected chi connectivity index (χ4v) is 1.30. The number of aliphatic hydroxyl groups is 1. The topological polar surface area (TPSA) is 58.6 Å². The van der Waals surface area contributed by atoms with Crippen LogP contribution in [0.15, 0.2) is 24.3 Å². The second-order valence-electron chi connectivity index (χ2n) is 3.93. The quantitative estimate of drug-likeness (QED) is 0.790. The van der Waals surface area contributed by atoms with Crippen LogP contribution in [-0.4, -0.2) is 30.3 Å². The normalized spacial score (nSPS) is 11.9. The lowest BCUT2D eigenvalue weighted by molar-refractivity contribution is 0.0922. The molecular formula is C13H19NO3. The molecule has 2 N–H and O–H groups in total. The first kappa shape index (κ1) is 13.5. The molecule has 1 rings (SSSR count). The van der Waals surface area contributed by atoms with Crippen LogP contribution in [0.1, 0.15) is 30.6 Å². The third-order valence-electron chi connectivity index (χ3n) is 2.22. The van der Waals surface area contributed by atoms with E-state index in [9.17, 15) is 4.79 Å². The molecule has 1 atom stereocenters. The van der Waals surface area contributed by atoms with Crippen LogP contribution in [0.5, 0.6) is 5.75 Å². The van der Waals surface area contributed by atoms with Crippen molar-refractivity contribution in [2.24, 2.45) is 0 Å². The molecular weight excluding hydrogens is 218 g/mol. The van der Waals surface area contributed by atoms with Gasteiger partial charge in [0, 0.05) is 11.6 Å². The van der Waals surface area contributed by atoms with Crippen LogP contribution in [-0.2, 0) is 0 Å². The molecule has 0 saturated carbocycles. The van der Waals surface area contributed by atoms with Crippen LogP contribution >= 0.6 is 0 Å². The molecule has 0 aliphatic rings. The van der Waals surface area contributed by atoms with E-state index in [2.05, 4.69) is 5.32 Å². The Hall–Kier alpha value is -1.55. The smallest absolute Gasteiger partial charge is 0.251 e. The maximum absolute atomic E-state index is 11.8. The summed E-state index contributed by atoms with van der Waals surface area (Å²) in [6.45, 7) is 4.34. The van der Waals surface area contributed by atoms with Crippen molar-refractivity contribution in [3.8, 4) is 5.75 Å². The molecule has 0 saturated heterocycles. The van der Waals surface area contributed by atoms with Crippen molar-refractivity contribution >= 4 is 5.91 Å².